The minimum absolute atomic E-state index is 0.0442. The van der Waals surface area contributed by atoms with Crippen molar-refractivity contribution in [1.29, 1.82) is 0 Å². The van der Waals surface area contributed by atoms with Crippen LogP contribution in [0.3, 0.4) is 0 Å². The predicted octanol–water partition coefficient (Wildman–Crippen LogP) is 4.52. The third kappa shape index (κ3) is 7.51. The molecule has 1 aromatic carbocycles. The Morgan fingerprint density at radius 2 is 1.74 bits per heavy atom. The Kier molecular flexibility index (Phi) is 10.8. The molecule has 0 bridgehead atoms. The topological polar surface area (TPSA) is 142 Å². The number of aromatic amines is 1. The molecule has 9 nitrogen and oxygen atoms in total. The summed E-state index contributed by atoms with van der Waals surface area (Å²) in [7, 11) is 0. The maximum Gasteiger partial charge on any atom is 0.418 e. The molecule has 0 aliphatic heterocycles. The van der Waals surface area contributed by atoms with Gasteiger partial charge in [0.1, 0.15) is 11.6 Å². The standard InChI is InChI=1S/C33H41F3N6O3S/c1-5-18(3)26(29(37)46)41-31(45)32(14-13-24-22(17-32)21-11-9-12-23(28(21)39-24)33(34,35)36)42-30(44)27(19(4)6-2)40-25(43)16-20-10-7-8-15-38-20/h7-12,15,18-19,26-27,39H,5-6,13-14,16-17H2,1-4H3,(H2,37,46)(H,40,43)(H,41,45)(H,42,44)/t18?,19?,26-,27-,32+/m0/s1. The van der Waals surface area contributed by atoms with Crippen molar-refractivity contribution in [3.05, 3.63) is 65.1 Å². The molecule has 0 radical (unpaired) electrons. The number of thiocarbonyl (C=S) groups is 1. The lowest BCUT2D eigenvalue weighted by atomic mass is 9.78. The molecule has 0 fully saturated rings. The number of amides is 3. The Morgan fingerprint density at radius 1 is 1.04 bits per heavy atom. The maximum absolute atomic E-state index is 14.3. The number of alkyl halides is 3. The lowest BCUT2D eigenvalue weighted by molar-refractivity contribution is -0.137. The van der Waals surface area contributed by atoms with E-state index in [0.29, 0.717) is 35.2 Å². The first kappa shape index (κ1) is 34.9. The van der Waals surface area contributed by atoms with Crippen molar-refractivity contribution in [1.82, 2.24) is 25.9 Å². The number of nitrogens with zero attached hydrogens (tertiary/aromatic N) is 1. The average Bonchev–Trinajstić information content (AvgIpc) is 3.39. The quantitative estimate of drug-likeness (QED) is 0.181. The number of nitrogens with two attached hydrogens (primary N) is 1. The van der Waals surface area contributed by atoms with Crippen LogP contribution in [0.15, 0.2) is 42.6 Å². The number of pyridine rings is 1. The summed E-state index contributed by atoms with van der Waals surface area (Å²) in [5, 5.41) is 9.04. The molecule has 46 heavy (non-hydrogen) atoms. The SMILES string of the molecule is CCC(C)[C@H](NC(=O)Cc1ccccn1)C(=O)N[C@]1(C(=O)N[C@H](C(N)=S)C(C)CC)CCc2[nH]c3c(C(F)(F)F)cccc3c2C1. The van der Waals surface area contributed by atoms with Crippen molar-refractivity contribution in [2.45, 2.75) is 90.0 Å². The molecule has 2 unspecified atom stereocenters. The van der Waals surface area contributed by atoms with Crippen LogP contribution in [0, 0.1) is 11.8 Å². The van der Waals surface area contributed by atoms with Crippen LogP contribution in [0.2, 0.25) is 0 Å². The van der Waals surface area contributed by atoms with Crippen molar-refractivity contribution in [3.63, 3.8) is 0 Å². The number of aryl methyl sites for hydroxylation is 1. The first-order valence-corrected chi connectivity index (χ1v) is 15.9. The van der Waals surface area contributed by atoms with Gasteiger partial charge in [0.2, 0.25) is 17.7 Å². The Balaban J connectivity index is 1.72. The third-order valence-corrected chi connectivity index (χ3v) is 9.35. The molecule has 2 heterocycles. The highest BCUT2D eigenvalue weighted by molar-refractivity contribution is 7.80. The normalized spacial score (nSPS) is 18.9. The first-order chi connectivity index (χ1) is 21.7. The zero-order valence-electron chi connectivity index (χ0n) is 26.4. The van der Waals surface area contributed by atoms with Gasteiger partial charge >= 0.3 is 6.18 Å². The highest BCUT2D eigenvalue weighted by Gasteiger charge is 2.47. The summed E-state index contributed by atoms with van der Waals surface area (Å²) >= 11 is 5.27. The number of aromatic nitrogens is 2. The van der Waals surface area contributed by atoms with E-state index in [1.165, 1.54) is 6.07 Å². The highest BCUT2D eigenvalue weighted by Crippen LogP contribution is 2.40. The van der Waals surface area contributed by atoms with Gasteiger partial charge in [-0.2, -0.15) is 13.2 Å². The van der Waals surface area contributed by atoms with Crippen LogP contribution in [-0.4, -0.2) is 50.3 Å². The molecular formula is C33H41F3N6O3S. The van der Waals surface area contributed by atoms with Gasteiger partial charge in [-0.3, -0.25) is 19.4 Å². The van der Waals surface area contributed by atoms with Gasteiger partial charge in [-0.25, -0.2) is 0 Å². The second-order valence-corrected chi connectivity index (χ2v) is 12.7. The highest BCUT2D eigenvalue weighted by atomic mass is 32.1. The number of halogens is 3. The van der Waals surface area contributed by atoms with Gasteiger partial charge in [0.15, 0.2) is 0 Å². The molecule has 4 rings (SSSR count). The van der Waals surface area contributed by atoms with Crippen molar-refractivity contribution in [2.75, 3.05) is 0 Å². The smallest absolute Gasteiger partial charge is 0.392 e. The van der Waals surface area contributed by atoms with E-state index >= 15 is 0 Å². The van der Waals surface area contributed by atoms with Gasteiger partial charge in [-0.1, -0.05) is 71.0 Å². The van der Waals surface area contributed by atoms with Gasteiger partial charge in [0, 0.05) is 29.4 Å². The minimum atomic E-state index is -4.59. The molecule has 1 aliphatic carbocycles. The number of hydrogen-bond acceptors (Lipinski definition) is 5. The van der Waals surface area contributed by atoms with E-state index in [0.717, 1.165) is 6.07 Å². The fourth-order valence-corrected chi connectivity index (χ4v) is 6.27. The van der Waals surface area contributed by atoms with Crippen LogP contribution in [0.25, 0.3) is 10.9 Å². The van der Waals surface area contributed by atoms with Crippen LogP contribution in [0.1, 0.15) is 69.5 Å². The molecule has 248 valence electrons. The van der Waals surface area contributed by atoms with Gasteiger partial charge in [-0.15, -0.1) is 0 Å². The van der Waals surface area contributed by atoms with Crippen molar-refractivity contribution in [3.8, 4) is 0 Å². The number of carbonyl (C=O) groups is 3. The Labute approximate surface area is 271 Å². The zero-order chi connectivity index (χ0) is 33.8. The number of H-pyrrole nitrogens is 1. The van der Waals surface area contributed by atoms with Crippen LogP contribution in [0.5, 0.6) is 0 Å². The van der Waals surface area contributed by atoms with Gasteiger partial charge in [-0.05, 0) is 48.4 Å². The second kappa shape index (κ2) is 14.2. The van der Waals surface area contributed by atoms with Crippen molar-refractivity contribution < 1.29 is 27.6 Å². The molecule has 1 aliphatic rings. The second-order valence-electron chi connectivity index (χ2n) is 12.2. The van der Waals surface area contributed by atoms with Crippen LogP contribution >= 0.6 is 12.2 Å². The Morgan fingerprint density at radius 3 is 2.35 bits per heavy atom. The Bertz CT molecular complexity index is 1590. The fraction of sp³-hybridized carbons (Fsp3) is 0.485. The molecule has 3 aromatic rings. The number of carbonyl (C=O) groups excluding carboxylic acids is 3. The molecule has 2 aromatic heterocycles. The van der Waals surface area contributed by atoms with Crippen LogP contribution in [-0.2, 0) is 39.8 Å². The summed E-state index contributed by atoms with van der Waals surface area (Å²) in [5.41, 5.74) is 5.19. The van der Waals surface area contributed by atoms with Crippen molar-refractivity contribution >= 4 is 45.8 Å². The summed E-state index contributed by atoms with van der Waals surface area (Å²) in [5.74, 6) is -1.96. The van der Waals surface area contributed by atoms with Gasteiger partial charge in [0.05, 0.1) is 28.5 Å². The van der Waals surface area contributed by atoms with E-state index in [4.69, 9.17) is 18.0 Å². The Hall–Kier alpha value is -4.00. The number of benzene rings is 1. The fourth-order valence-electron chi connectivity index (χ4n) is 5.98. The number of fused-ring (bicyclic) bond motifs is 3. The summed E-state index contributed by atoms with van der Waals surface area (Å²) in [6.45, 7) is 7.53. The molecular weight excluding hydrogens is 617 g/mol. The molecule has 0 saturated carbocycles. The zero-order valence-corrected chi connectivity index (χ0v) is 27.2. The summed E-state index contributed by atoms with van der Waals surface area (Å²) in [4.78, 5) is 48.6. The molecule has 0 saturated heterocycles. The van der Waals surface area contributed by atoms with E-state index in [9.17, 15) is 27.6 Å². The lowest BCUT2D eigenvalue weighted by Gasteiger charge is -2.40. The summed E-state index contributed by atoms with van der Waals surface area (Å²) in [6, 6.07) is 7.45. The largest absolute Gasteiger partial charge is 0.418 e. The average molecular weight is 659 g/mol. The monoisotopic (exact) mass is 658 g/mol. The number of nitrogens with one attached hydrogen (secondary N) is 4. The lowest BCUT2D eigenvalue weighted by Crippen LogP contribution is -2.67. The van der Waals surface area contributed by atoms with Crippen LogP contribution in [0.4, 0.5) is 13.2 Å². The van der Waals surface area contributed by atoms with Crippen molar-refractivity contribution in [2.24, 2.45) is 17.6 Å². The third-order valence-electron chi connectivity index (χ3n) is 9.10. The number of hydrogen-bond donors (Lipinski definition) is 5. The maximum atomic E-state index is 14.3. The van der Waals surface area contributed by atoms with E-state index in [-0.39, 0.29) is 48.0 Å². The summed E-state index contributed by atoms with van der Waals surface area (Å²) < 4.78 is 41.7. The predicted molar refractivity (Wildman–Crippen MR) is 174 cm³/mol. The molecule has 3 amide bonds. The van der Waals surface area contributed by atoms with E-state index < -0.39 is 47.1 Å². The molecule has 0 spiro atoms. The molecule has 13 heteroatoms. The number of rotatable bonds is 12. The summed E-state index contributed by atoms with van der Waals surface area (Å²) in [6.07, 6.45) is -1.66. The van der Waals surface area contributed by atoms with Crippen LogP contribution < -0.4 is 21.7 Å². The van der Waals surface area contributed by atoms with E-state index in [2.05, 4.69) is 25.9 Å². The van der Waals surface area contributed by atoms with E-state index in [1.54, 1.807) is 30.5 Å². The first-order valence-electron chi connectivity index (χ1n) is 15.5. The molecule has 5 atom stereocenters. The number of para-hydroxylation sites is 1. The molecule has 6 N–H and O–H groups in total. The van der Waals surface area contributed by atoms with E-state index in [1.807, 2.05) is 27.7 Å². The minimum Gasteiger partial charge on any atom is -0.392 e. The van der Waals surface area contributed by atoms with Gasteiger partial charge < -0.3 is 26.7 Å². The van der Waals surface area contributed by atoms with Gasteiger partial charge in [0.25, 0.3) is 0 Å².